The number of aromatic nitrogens is 2. The molecule has 1 aliphatic rings. The molecule has 4 nitrogen and oxygen atoms in total. The molecule has 2 aromatic rings. The van der Waals surface area contributed by atoms with Crippen molar-refractivity contribution in [2.75, 3.05) is 25.0 Å². The first-order valence-electron chi connectivity index (χ1n) is 8.02. The molecule has 2 heterocycles. The predicted molar refractivity (Wildman–Crippen MR) is 86.9 cm³/mol. The molecule has 1 fully saturated rings. The maximum atomic E-state index is 12.4. The van der Waals surface area contributed by atoms with Crippen LogP contribution in [-0.2, 0) is 6.54 Å². The van der Waals surface area contributed by atoms with Gasteiger partial charge in [-0.05, 0) is 36.6 Å². The molecule has 6 heteroatoms. The zero-order chi connectivity index (χ0) is 16.1. The number of halogens is 2. The topological polar surface area (TPSA) is 33.1 Å². The summed E-state index contributed by atoms with van der Waals surface area (Å²) < 4.78 is 26.6. The third-order valence-corrected chi connectivity index (χ3v) is 4.21. The molecule has 1 N–H and O–H groups in total. The number of rotatable bonds is 6. The highest BCUT2D eigenvalue weighted by molar-refractivity contribution is 5.45. The van der Waals surface area contributed by atoms with Crippen molar-refractivity contribution < 1.29 is 8.78 Å². The SMILES string of the molecule is FC(F)CN1CCC(Nc2ccc(Cn3cccn3)cc2)CC1. The highest BCUT2D eigenvalue weighted by atomic mass is 19.3. The third kappa shape index (κ3) is 4.76. The van der Waals surface area contributed by atoms with Crippen LogP contribution < -0.4 is 5.32 Å². The number of likely N-dealkylation sites (tertiary alicyclic amines) is 1. The van der Waals surface area contributed by atoms with E-state index in [1.54, 1.807) is 6.20 Å². The molecule has 124 valence electrons. The van der Waals surface area contributed by atoms with Crippen molar-refractivity contribution in [2.24, 2.45) is 0 Å². The molecule has 0 radical (unpaired) electrons. The first-order chi connectivity index (χ1) is 11.2. The van der Waals surface area contributed by atoms with Crippen LogP contribution in [0, 0.1) is 0 Å². The summed E-state index contributed by atoms with van der Waals surface area (Å²) in [4.78, 5) is 1.84. The van der Waals surface area contributed by atoms with Crippen molar-refractivity contribution in [3.8, 4) is 0 Å². The van der Waals surface area contributed by atoms with Gasteiger partial charge >= 0.3 is 0 Å². The molecule has 0 amide bonds. The quantitative estimate of drug-likeness (QED) is 0.888. The highest BCUT2D eigenvalue weighted by Crippen LogP contribution is 2.18. The van der Waals surface area contributed by atoms with Gasteiger partial charge in [0.1, 0.15) is 0 Å². The summed E-state index contributed by atoms with van der Waals surface area (Å²) in [7, 11) is 0. The standard InChI is InChI=1S/C17H22F2N4/c18-17(19)13-22-10-6-16(7-11-22)21-15-4-2-14(3-5-15)12-23-9-1-8-20-23/h1-5,8-9,16-17,21H,6-7,10-13H2. The molecular weight excluding hydrogens is 298 g/mol. The van der Waals surface area contributed by atoms with Crippen LogP contribution >= 0.6 is 0 Å². The van der Waals surface area contributed by atoms with Gasteiger partial charge in [0.25, 0.3) is 6.43 Å². The van der Waals surface area contributed by atoms with Gasteiger partial charge in [-0.15, -0.1) is 0 Å². The predicted octanol–water partition coefficient (Wildman–Crippen LogP) is 3.07. The van der Waals surface area contributed by atoms with E-state index in [2.05, 4.69) is 34.7 Å². The smallest absolute Gasteiger partial charge is 0.251 e. The molecule has 3 rings (SSSR count). The molecule has 1 saturated heterocycles. The number of hydrogen-bond donors (Lipinski definition) is 1. The highest BCUT2D eigenvalue weighted by Gasteiger charge is 2.21. The lowest BCUT2D eigenvalue weighted by molar-refractivity contribution is 0.0769. The van der Waals surface area contributed by atoms with Gasteiger partial charge in [-0.25, -0.2) is 8.78 Å². The fraction of sp³-hybridized carbons (Fsp3) is 0.471. The Morgan fingerprint density at radius 2 is 1.91 bits per heavy atom. The lowest BCUT2D eigenvalue weighted by atomic mass is 10.0. The summed E-state index contributed by atoms with van der Waals surface area (Å²) >= 11 is 0. The van der Waals surface area contributed by atoms with Gasteiger partial charge in [-0.1, -0.05) is 12.1 Å². The van der Waals surface area contributed by atoms with Gasteiger partial charge in [-0.2, -0.15) is 5.10 Å². The number of alkyl halides is 2. The maximum Gasteiger partial charge on any atom is 0.251 e. The monoisotopic (exact) mass is 320 g/mol. The van der Waals surface area contributed by atoms with Gasteiger partial charge in [0.15, 0.2) is 0 Å². The second-order valence-electron chi connectivity index (χ2n) is 6.01. The minimum atomic E-state index is -2.23. The molecule has 1 aliphatic heterocycles. The zero-order valence-electron chi connectivity index (χ0n) is 13.0. The molecule has 0 bridgehead atoms. The number of hydrogen-bond acceptors (Lipinski definition) is 3. The Bertz CT molecular complexity index is 575. The Labute approximate surface area is 135 Å². The second kappa shape index (κ2) is 7.55. The molecular formula is C17H22F2N4. The summed E-state index contributed by atoms with van der Waals surface area (Å²) in [5.41, 5.74) is 2.28. The van der Waals surface area contributed by atoms with Crippen LogP contribution in [0.5, 0.6) is 0 Å². The lowest BCUT2D eigenvalue weighted by Gasteiger charge is -2.32. The van der Waals surface area contributed by atoms with E-state index in [1.165, 1.54) is 5.56 Å². The number of benzene rings is 1. The molecule has 0 spiro atoms. The average Bonchev–Trinajstić information content (AvgIpc) is 3.04. The summed E-state index contributed by atoms with van der Waals surface area (Å²) in [6.07, 6.45) is 3.29. The normalized spacial score (nSPS) is 16.8. The van der Waals surface area contributed by atoms with E-state index < -0.39 is 6.43 Å². The Kier molecular flexibility index (Phi) is 5.23. The van der Waals surface area contributed by atoms with Crippen molar-refractivity contribution >= 4 is 5.69 Å². The van der Waals surface area contributed by atoms with Crippen molar-refractivity contribution in [3.63, 3.8) is 0 Å². The van der Waals surface area contributed by atoms with Gasteiger partial charge in [0.2, 0.25) is 0 Å². The van der Waals surface area contributed by atoms with Gasteiger partial charge in [0, 0.05) is 37.2 Å². The molecule has 0 unspecified atom stereocenters. The minimum Gasteiger partial charge on any atom is -0.382 e. The number of nitrogens with zero attached hydrogens (tertiary/aromatic N) is 3. The molecule has 0 aliphatic carbocycles. The van der Waals surface area contributed by atoms with Crippen LogP contribution in [0.3, 0.4) is 0 Å². The van der Waals surface area contributed by atoms with Crippen LogP contribution in [0.2, 0.25) is 0 Å². The number of piperidine rings is 1. The van der Waals surface area contributed by atoms with Crippen molar-refractivity contribution in [1.82, 2.24) is 14.7 Å². The van der Waals surface area contributed by atoms with Crippen LogP contribution in [0.25, 0.3) is 0 Å². The Morgan fingerprint density at radius 1 is 1.17 bits per heavy atom. The maximum absolute atomic E-state index is 12.4. The van der Waals surface area contributed by atoms with Gasteiger partial charge < -0.3 is 5.32 Å². The largest absolute Gasteiger partial charge is 0.382 e. The van der Waals surface area contributed by atoms with Crippen LogP contribution in [0.1, 0.15) is 18.4 Å². The number of nitrogens with one attached hydrogen (secondary N) is 1. The summed E-state index contributed by atoms with van der Waals surface area (Å²) in [6, 6.07) is 10.6. The van der Waals surface area contributed by atoms with E-state index in [4.69, 9.17) is 0 Å². The van der Waals surface area contributed by atoms with Crippen LogP contribution in [0.4, 0.5) is 14.5 Å². The van der Waals surface area contributed by atoms with Crippen molar-refractivity contribution in [2.45, 2.75) is 31.9 Å². The van der Waals surface area contributed by atoms with E-state index in [1.807, 2.05) is 21.8 Å². The Hall–Kier alpha value is -1.95. The van der Waals surface area contributed by atoms with Crippen LogP contribution in [-0.4, -0.2) is 46.8 Å². The summed E-state index contributed by atoms with van der Waals surface area (Å²) in [5.74, 6) is 0. The number of anilines is 1. The zero-order valence-corrected chi connectivity index (χ0v) is 13.0. The minimum absolute atomic E-state index is 0.102. The molecule has 1 aromatic heterocycles. The first kappa shape index (κ1) is 15.9. The fourth-order valence-corrected chi connectivity index (χ4v) is 2.98. The average molecular weight is 320 g/mol. The van der Waals surface area contributed by atoms with E-state index in [0.29, 0.717) is 6.04 Å². The Balaban J connectivity index is 1.47. The lowest BCUT2D eigenvalue weighted by Crippen LogP contribution is -2.41. The van der Waals surface area contributed by atoms with Crippen LogP contribution in [0.15, 0.2) is 42.7 Å². The third-order valence-electron chi connectivity index (χ3n) is 4.21. The van der Waals surface area contributed by atoms with E-state index in [-0.39, 0.29) is 6.54 Å². The second-order valence-corrected chi connectivity index (χ2v) is 6.01. The molecule has 0 saturated carbocycles. The molecule has 0 atom stereocenters. The Morgan fingerprint density at radius 3 is 2.52 bits per heavy atom. The van der Waals surface area contributed by atoms with Gasteiger partial charge in [0.05, 0.1) is 13.1 Å². The van der Waals surface area contributed by atoms with E-state index in [0.717, 1.165) is 38.2 Å². The molecule has 1 aromatic carbocycles. The molecule has 23 heavy (non-hydrogen) atoms. The van der Waals surface area contributed by atoms with Gasteiger partial charge in [-0.3, -0.25) is 9.58 Å². The van der Waals surface area contributed by atoms with Crippen molar-refractivity contribution in [1.29, 1.82) is 0 Å². The van der Waals surface area contributed by atoms with E-state index >= 15 is 0 Å². The first-order valence-corrected chi connectivity index (χ1v) is 8.02. The van der Waals surface area contributed by atoms with E-state index in [9.17, 15) is 8.78 Å². The van der Waals surface area contributed by atoms with Crippen molar-refractivity contribution in [3.05, 3.63) is 48.3 Å². The summed E-state index contributed by atoms with van der Waals surface area (Å²) in [5, 5.41) is 7.70. The fourth-order valence-electron chi connectivity index (χ4n) is 2.98. The summed E-state index contributed by atoms with van der Waals surface area (Å²) in [6.45, 7) is 2.13.